The van der Waals surface area contributed by atoms with Crippen molar-refractivity contribution in [2.45, 2.75) is 26.7 Å². The molecule has 6 nitrogen and oxygen atoms in total. The van der Waals surface area contributed by atoms with Gasteiger partial charge < -0.3 is 29.4 Å². The minimum Gasteiger partial charge on any atom is -0.325 e. The van der Waals surface area contributed by atoms with Gasteiger partial charge in [-0.05, 0) is 23.6 Å². The fraction of sp³-hybridized carbons (Fsp3) is 0.400. The van der Waals surface area contributed by atoms with E-state index in [1.807, 2.05) is 36.4 Å². The normalized spacial score (nSPS) is 9.33. The molecule has 0 amide bonds. The fourth-order valence-electron chi connectivity index (χ4n) is 0.385. The molecule has 6 N–H and O–H groups in total. The van der Waals surface area contributed by atoms with E-state index in [0.717, 1.165) is 0 Å². The molecule has 0 fully saturated rings. The Morgan fingerprint density at radius 1 is 0.619 bits per heavy atom. The van der Waals surface area contributed by atoms with Crippen LogP contribution < -0.4 is 0 Å². The predicted octanol–water partition coefficient (Wildman–Crippen LogP) is 1.87. The van der Waals surface area contributed by atoms with Gasteiger partial charge in [0.15, 0.2) is 0 Å². The first-order valence-corrected chi connectivity index (χ1v) is 10.8. The summed E-state index contributed by atoms with van der Waals surface area (Å²) in [6.07, 6.45) is 2.64. The average molecular weight is 430 g/mol. The average Bonchev–Trinajstić information content (AvgIpc) is 2.27. The Morgan fingerprint density at radius 2 is 0.714 bits per heavy atom. The van der Waals surface area contributed by atoms with Gasteiger partial charge in [-0.2, -0.15) is 0 Å². The zero-order valence-electron chi connectivity index (χ0n) is 12.0. The molecule has 0 aliphatic heterocycles. The van der Waals surface area contributed by atoms with Gasteiger partial charge in [-0.25, -0.2) is 0 Å². The molecule has 0 unspecified atom stereocenters. The molecule has 1 aromatic carbocycles. The third-order valence-corrected chi connectivity index (χ3v) is 1.17. The second-order valence-corrected chi connectivity index (χ2v) is 8.17. The van der Waals surface area contributed by atoms with Crippen LogP contribution in [0.15, 0.2) is 36.4 Å². The smallest absolute Gasteiger partial charge is 0.319 e. The molecule has 0 heterocycles. The molecule has 11 heteroatoms. The minimum atomic E-state index is -3.81. The Balaban J connectivity index is -0.0000000915. The number of hydrogen-bond donors (Lipinski definition) is 6. The second kappa shape index (κ2) is 19.0. The van der Waals surface area contributed by atoms with Crippen LogP contribution in [0.5, 0.6) is 0 Å². The summed E-state index contributed by atoms with van der Waals surface area (Å²) in [6, 6.07) is 12.0. The summed E-state index contributed by atoms with van der Waals surface area (Å²) < 4.78 is 0. The van der Waals surface area contributed by atoms with E-state index >= 15 is 0 Å². The molecular formula is C10H22O6P2S2Zn. The van der Waals surface area contributed by atoms with Crippen molar-refractivity contribution >= 4 is 37.1 Å². The monoisotopic (exact) mass is 428 g/mol. The molecule has 21 heavy (non-hydrogen) atoms. The number of rotatable bonds is 1. The van der Waals surface area contributed by atoms with E-state index in [-0.39, 0.29) is 19.5 Å². The van der Waals surface area contributed by atoms with Gasteiger partial charge in [0.25, 0.3) is 0 Å². The first kappa shape index (κ1) is 29.9. The molecule has 0 spiro atoms. The summed E-state index contributed by atoms with van der Waals surface area (Å²) in [5.74, 6) is 0. The molecule has 1 aromatic rings. The van der Waals surface area contributed by atoms with Crippen molar-refractivity contribution in [3.8, 4) is 0 Å². The maximum atomic E-state index is 7.56. The van der Waals surface area contributed by atoms with Crippen molar-refractivity contribution in [1.29, 1.82) is 0 Å². The molecule has 0 bridgehead atoms. The maximum Gasteiger partial charge on any atom is 0.319 e. The van der Waals surface area contributed by atoms with Crippen LogP contribution in [0.25, 0.3) is 0 Å². The van der Waals surface area contributed by atoms with E-state index in [1.54, 1.807) is 0 Å². The molecular weight excluding hydrogens is 408 g/mol. The van der Waals surface area contributed by atoms with Crippen LogP contribution in [-0.2, 0) is 43.1 Å². The standard InChI is InChI=1S/C6H6.C4H10.2H3O3PS.Zn/c1-2-4-6-5-3-1;1-3-4-2;2*1-4(2,3)5;/h1-6H;3-4H2,1-2H3;2*(H3,1,2,3,5);. The van der Waals surface area contributed by atoms with E-state index < -0.39 is 13.4 Å². The van der Waals surface area contributed by atoms with Gasteiger partial charge in [0.05, 0.1) is 0 Å². The van der Waals surface area contributed by atoms with Gasteiger partial charge in [-0.3, -0.25) is 0 Å². The molecule has 0 atom stereocenters. The molecule has 0 aromatic heterocycles. The van der Waals surface area contributed by atoms with Crippen molar-refractivity contribution in [3.63, 3.8) is 0 Å². The van der Waals surface area contributed by atoms with Gasteiger partial charge in [-0.15, -0.1) is 0 Å². The van der Waals surface area contributed by atoms with Crippen molar-refractivity contribution in [2.75, 3.05) is 0 Å². The predicted molar refractivity (Wildman–Crippen MR) is 88.9 cm³/mol. The zero-order valence-corrected chi connectivity index (χ0v) is 18.4. The third-order valence-electron chi connectivity index (χ3n) is 1.17. The van der Waals surface area contributed by atoms with Crippen molar-refractivity contribution in [1.82, 2.24) is 0 Å². The zero-order chi connectivity index (χ0) is 16.7. The van der Waals surface area contributed by atoms with Crippen LogP contribution >= 0.6 is 13.4 Å². The quantitative estimate of drug-likeness (QED) is 0.295. The second-order valence-electron chi connectivity index (χ2n) is 3.18. The van der Waals surface area contributed by atoms with Crippen LogP contribution in [-0.4, -0.2) is 29.4 Å². The van der Waals surface area contributed by atoms with Crippen LogP contribution in [0.2, 0.25) is 0 Å². The van der Waals surface area contributed by atoms with Crippen LogP contribution in [0.4, 0.5) is 0 Å². The summed E-state index contributed by atoms with van der Waals surface area (Å²) in [4.78, 5) is 45.3. The largest absolute Gasteiger partial charge is 0.325 e. The van der Waals surface area contributed by atoms with E-state index in [4.69, 9.17) is 29.4 Å². The van der Waals surface area contributed by atoms with Crippen LogP contribution in [0, 0.1) is 0 Å². The summed E-state index contributed by atoms with van der Waals surface area (Å²) >= 11 is 7.21. The minimum absolute atomic E-state index is 0. The fourth-order valence-corrected chi connectivity index (χ4v) is 0.385. The SMILES string of the molecule is CCCC.OP(O)(O)=S.OP(O)(O)=S.[Zn].c1ccccc1. The number of benzene rings is 1. The summed E-state index contributed by atoms with van der Waals surface area (Å²) in [5, 5.41) is 0. The Labute approximate surface area is 148 Å². The van der Waals surface area contributed by atoms with Gasteiger partial charge in [0.1, 0.15) is 0 Å². The molecule has 0 aliphatic rings. The summed E-state index contributed by atoms with van der Waals surface area (Å²) in [5.41, 5.74) is 0. The number of hydrogen-bond acceptors (Lipinski definition) is 2. The van der Waals surface area contributed by atoms with Gasteiger partial charge >= 0.3 is 13.4 Å². The van der Waals surface area contributed by atoms with Crippen LogP contribution in [0.1, 0.15) is 26.7 Å². The third kappa shape index (κ3) is 120. The van der Waals surface area contributed by atoms with Crippen molar-refractivity contribution in [2.24, 2.45) is 0 Å². The Morgan fingerprint density at radius 3 is 0.762 bits per heavy atom. The first-order valence-electron chi connectivity index (χ1n) is 5.48. The van der Waals surface area contributed by atoms with Crippen LogP contribution in [0.3, 0.4) is 0 Å². The van der Waals surface area contributed by atoms with E-state index in [1.165, 1.54) is 12.8 Å². The van der Waals surface area contributed by atoms with Gasteiger partial charge in [-0.1, -0.05) is 63.1 Å². The first-order chi connectivity index (χ1) is 8.91. The Hall–Kier alpha value is 0.903. The molecule has 0 aliphatic carbocycles. The maximum absolute atomic E-state index is 7.56. The van der Waals surface area contributed by atoms with Crippen molar-refractivity contribution in [3.05, 3.63) is 36.4 Å². The van der Waals surface area contributed by atoms with Gasteiger partial charge in [0.2, 0.25) is 0 Å². The summed E-state index contributed by atoms with van der Waals surface area (Å²) in [7, 11) is 0. The topological polar surface area (TPSA) is 121 Å². The molecule has 0 saturated carbocycles. The summed E-state index contributed by atoms with van der Waals surface area (Å²) in [6.45, 7) is -3.25. The van der Waals surface area contributed by atoms with E-state index in [2.05, 4.69) is 37.5 Å². The Bertz CT molecular complexity index is 319. The molecule has 1 rings (SSSR count). The van der Waals surface area contributed by atoms with E-state index in [0.29, 0.717) is 0 Å². The molecule has 122 valence electrons. The Kier molecular flexibility index (Phi) is 26.9. The van der Waals surface area contributed by atoms with E-state index in [9.17, 15) is 0 Å². The number of unbranched alkanes of at least 4 members (excludes halogenated alkanes) is 1. The molecule has 0 saturated heterocycles. The van der Waals surface area contributed by atoms with Gasteiger partial charge in [0, 0.05) is 19.5 Å². The molecule has 0 radical (unpaired) electrons. The van der Waals surface area contributed by atoms with Crippen molar-refractivity contribution < 1.29 is 48.8 Å².